The van der Waals surface area contributed by atoms with Gasteiger partial charge in [0.15, 0.2) is 5.16 Å². The fourth-order valence-corrected chi connectivity index (χ4v) is 1.98. The molecule has 5 nitrogen and oxygen atoms in total. The molecule has 17 heavy (non-hydrogen) atoms. The maximum atomic E-state index is 5.39. The van der Waals surface area contributed by atoms with Gasteiger partial charge in [-0.15, -0.1) is 0 Å². The maximum absolute atomic E-state index is 5.39. The predicted molar refractivity (Wildman–Crippen MR) is 74.2 cm³/mol. The normalized spacial score (nSPS) is 12.2. The molecular formula is C11H21N5S. The number of thioether (sulfide) groups is 1. The van der Waals surface area contributed by atoms with E-state index in [9.17, 15) is 0 Å². The van der Waals surface area contributed by atoms with E-state index in [0.29, 0.717) is 17.0 Å². The third-order valence-corrected chi connectivity index (χ3v) is 3.07. The van der Waals surface area contributed by atoms with E-state index >= 15 is 0 Å². The molecule has 0 radical (unpaired) electrons. The average molecular weight is 255 g/mol. The number of rotatable bonds is 7. The zero-order valence-corrected chi connectivity index (χ0v) is 11.5. The Labute approximate surface area is 107 Å². The number of nitrogens with zero attached hydrogens (tertiary/aromatic N) is 2. The van der Waals surface area contributed by atoms with Crippen molar-refractivity contribution in [3.05, 3.63) is 6.07 Å². The van der Waals surface area contributed by atoms with Crippen molar-refractivity contribution in [3.63, 3.8) is 0 Å². The lowest BCUT2D eigenvalue weighted by Crippen LogP contribution is -2.19. The van der Waals surface area contributed by atoms with E-state index in [0.717, 1.165) is 25.1 Å². The fourth-order valence-electron chi connectivity index (χ4n) is 1.60. The summed E-state index contributed by atoms with van der Waals surface area (Å²) in [6.07, 6.45) is 5.33. The van der Waals surface area contributed by atoms with Crippen molar-refractivity contribution >= 4 is 23.4 Å². The van der Waals surface area contributed by atoms with Crippen molar-refractivity contribution in [1.29, 1.82) is 0 Å². The van der Waals surface area contributed by atoms with Gasteiger partial charge in [-0.2, -0.15) is 0 Å². The molecule has 1 heterocycles. The van der Waals surface area contributed by atoms with Crippen LogP contribution in [-0.2, 0) is 0 Å². The van der Waals surface area contributed by atoms with Crippen molar-refractivity contribution in [2.45, 2.75) is 44.3 Å². The first-order chi connectivity index (χ1) is 8.23. The zero-order valence-electron chi connectivity index (χ0n) is 10.7. The molecule has 6 heteroatoms. The number of anilines is 2. The van der Waals surface area contributed by atoms with E-state index in [-0.39, 0.29) is 0 Å². The largest absolute Gasteiger partial charge is 0.367 e. The van der Waals surface area contributed by atoms with Gasteiger partial charge in [0.2, 0.25) is 0 Å². The van der Waals surface area contributed by atoms with Gasteiger partial charge in [0.25, 0.3) is 0 Å². The third-order valence-electron chi connectivity index (χ3n) is 2.52. The van der Waals surface area contributed by atoms with Crippen LogP contribution in [0.1, 0.15) is 33.1 Å². The van der Waals surface area contributed by atoms with Crippen LogP contribution in [0.15, 0.2) is 11.2 Å². The molecular weight excluding hydrogens is 234 g/mol. The second kappa shape index (κ2) is 7.34. The molecule has 0 aliphatic heterocycles. The van der Waals surface area contributed by atoms with Crippen molar-refractivity contribution in [2.24, 2.45) is 5.84 Å². The van der Waals surface area contributed by atoms with Gasteiger partial charge in [0.05, 0.1) is 0 Å². The van der Waals surface area contributed by atoms with Crippen LogP contribution in [0.2, 0.25) is 0 Å². The van der Waals surface area contributed by atoms with Crippen LogP contribution in [0.5, 0.6) is 0 Å². The zero-order chi connectivity index (χ0) is 12.7. The van der Waals surface area contributed by atoms with Crippen molar-refractivity contribution in [1.82, 2.24) is 9.97 Å². The van der Waals surface area contributed by atoms with E-state index in [1.54, 1.807) is 0 Å². The maximum Gasteiger partial charge on any atom is 0.191 e. The Hall–Kier alpha value is -1.01. The molecule has 1 unspecified atom stereocenters. The molecule has 96 valence electrons. The standard InChI is InChI=1S/C11H21N5S/c1-4-6-8(5-2)13-9-7-10(16-12)15-11(14-9)17-3/h7-8H,4-6,12H2,1-3H3,(H2,13,14,15,16). The van der Waals surface area contributed by atoms with Crippen LogP contribution in [0.25, 0.3) is 0 Å². The van der Waals surface area contributed by atoms with Crippen molar-refractivity contribution in [2.75, 3.05) is 17.0 Å². The number of nitrogens with two attached hydrogens (primary N) is 1. The third kappa shape index (κ3) is 4.40. The minimum Gasteiger partial charge on any atom is -0.367 e. The van der Waals surface area contributed by atoms with Crippen molar-refractivity contribution < 1.29 is 0 Å². The van der Waals surface area contributed by atoms with Gasteiger partial charge in [-0.05, 0) is 19.1 Å². The molecule has 0 aliphatic carbocycles. The van der Waals surface area contributed by atoms with Crippen molar-refractivity contribution in [3.8, 4) is 0 Å². The highest BCUT2D eigenvalue weighted by Crippen LogP contribution is 2.18. The molecule has 1 aromatic heterocycles. The van der Waals surface area contributed by atoms with Crippen LogP contribution < -0.4 is 16.6 Å². The number of nitrogen functional groups attached to an aromatic ring is 1. The van der Waals surface area contributed by atoms with Crippen LogP contribution in [-0.4, -0.2) is 22.3 Å². The van der Waals surface area contributed by atoms with Gasteiger partial charge in [-0.3, -0.25) is 0 Å². The Balaban J connectivity index is 2.81. The van der Waals surface area contributed by atoms with Gasteiger partial charge in [-0.25, -0.2) is 15.8 Å². The highest BCUT2D eigenvalue weighted by Gasteiger charge is 2.08. The number of aromatic nitrogens is 2. The predicted octanol–water partition coefficient (Wildman–Crippen LogP) is 2.47. The highest BCUT2D eigenvalue weighted by atomic mass is 32.2. The molecule has 1 rings (SSSR count). The summed E-state index contributed by atoms with van der Waals surface area (Å²) < 4.78 is 0. The van der Waals surface area contributed by atoms with E-state index < -0.39 is 0 Å². The van der Waals surface area contributed by atoms with Crippen LogP contribution in [0.3, 0.4) is 0 Å². The highest BCUT2D eigenvalue weighted by molar-refractivity contribution is 7.98. The quantitative estimate of drug-likeness (QED) is 0.301. The number of nitrogens with one attached hydrogen (secondary N) is 2. The molecule has 0 spiro atoms. The van der Waals surface area contributed by atoms with E-state index in [1.165, 1.54) is 11.8 Å². The molecule has 0 aromatic carbocycles. The smallest absolute Gasteiger partial charge is 0.191 e. The minimum absolute atomic E-state index is 0.454. The second-order valence-electron chi connectivity index (χ2n) is 3.81. The van der Waals surface area contributed by atoms with Gasteiger partial charge in [0, 0.05) is 12.1 Å². The molecule has 0 aliphatic rings. The molecule has 1 atom stereocenters. The van der Waals surface area contributed by atoms with Crippen LogP contribution in [0.4, 0.5) is 11.6 Å². The summed E-state index contributed by atoms with van der Waals surface area (Å²) in [5.41, 5.74) is 2.56. The summed E-state index contributed by atoms with van der Waals surface area (Å²) >= 11 is 1.50. The fraction of sp³-hybridized carbons (Fsp3) is 0.636. The summed E-state index contributed by atoms with van der Waals surface area (Å²) in [7, 11) is 0. The van der Waals surface area contributed by atoms with Gasteiger partial charge in [0.1, 0.15) is 11.6 Å². The average Bonchev–Trinajstić information content (AvgIpc) is 2.37. The molecule has 0 saturated heterocycles. The summed E-state index contributed by atoms with van der Waals surface area (Å²) in [5.74, 6) is 6.86. The molecule has 0 amide bonds. The topological polar surface area (TPSA) is 75.9 Å². The minimum atomic E-state index is 0.454. The molecule has 0 bridgehead atoms. The lowest BCUT2D eigenvalue weighted by Gasteiger charge is -2.17. The Kier molecular flexibility index (Phi) is 6.07. The SMILES string of the molecule is CCCC(CC)Nc1cc(NN)nc(SC)n1. The Morgan fingerprint density at radius 2 is 2.06 bits per heavy atom. The first-order valence-electron chi connectivity index (χ1n) is 5.89. The summed E-state index contributed by atoms with van der Waals surface area (Å²) in [4.78, 5) is 8.64. The summed E-state index contributed by atoms with van der Waals surface area (Å²) in [5, 5.41) is 4.14. The Morgan fingerprint density at radius 1 is 1.35 bits per heavy atom. The summed E-state index contributed by atoms with van der Waals surface area (Å²) in [6, 6.07) is 2.29. The first kappa shape index (κ1) is 14.1. The second-order valence-corrected chi connectivity index (χ2v) is 4.58. The van der Waals surface area contributed by atoms with Gasteiger partial charge < -0.3 is 10.7 Å². The Bertz CT molecular complexity index is 322. The lowest BCUT2D eigenvalue weighted by atomic mass is 10.1. The monoisotopic (exact) mass is 255 g/mol. The molecule has 1 aromatic rings. The lowest BCUT2D eigenvalue weighted by molar-refractivity contribution is 0.619. The van der Waals surface area contributed by atoms with E-state index in [2.05, 4.69) is 34.6 Å². The van der Waals surface area contributed by atoms with Gasteiger partial charge >= 0.3 is 0 Å². The first-order valence-corrected chi connectivity index (χ1v) is 7.12. The van der Waals surface area contributed by atoms with E-state index in [1.807, 2.05) is 12.3 Å². The molecule has 4 N–H and O–H groups in total. The number of hydrogen-bond acceptors (Lipinski definition) is 6. The summed E-state index contributed by atoms with van der Waals surface area (Å²) in [6.45, 7) is 4.36. The van der Waals surface area contributed by atoms with Crippen LogP contribution >= 0.6 is 11.8 Å². The Morgan fingerprint density at radius 3 is 2.59 bits per heavy atom. The van der Waals surface area contributed by atoms with E-state index in [4.69, 9.17) is 5.84 Å². The van der Waals surface area contributed by atoms with Crippen LogP contribution in [0, 0.1) is 0 Å². The molecule has 0 saturated carbocycles. The number of hydrogen-bond donors (Lipinski definition) is 3. The number of hydrazine groups is 1. The van der Waals surface area contributed by atoms with Gasteiger partial charge in [-0.1, -0.05) is 32.0 Å². The molecule has 0 fully saturated rings.